The summed E-state index contributed by atoms with van der Waals surface area (Å²) < 4.78 is 5.45. The Kier molecular flexibility index (Phi) is 4.07. The molecule has 0 unspecified atom stereocenters. The van der Waals surface area contributed by atoms with Crippen LogP contribution in [0.1, 0.15) is 24.8 Å². The normalized spacial score (nSPS) is 34.6. The number of carbonyl (C=O) groups is 1. The first kappa shape index (κ1) is 15.1. The Morgan fingerprint density at radius 2 is 2.13 bits per heavy atom. The van der Waals surface area contributed by atoms with Gasteiger partial charge in [0.25, 0.3) is 0 Å². The maximum Gasteiger partial charge on any atom is 0.226 e. The summed E-state index contributed by atoms with van der Waals surface area (Å²) in [6.07, 6.45) is 4.68. The van der Waals surface area contributed by atoms with E-state index in [1.807, 2.05) is 12.3 Å². The Bertz CT molecular complexity index is 559. The number of carbonyl (C=O) groups excluding carboxylic acids is 1. The molecule has 0 spiro atoms. The summed E-state index contributed by atoms with van der Waals surface area (Å²) in [5.74, 6) is 1.46. The predicted molar refractivity (Wildman–Crippen MR) is 87.0 cm³/mol. The van der Waals surface area contributed by atoms with Crippen molar-refractivity contribution in [2.45, 2.75) is 25.3 Å². The Morgan fingerprint density at radius 1 is 1.30 bits per heavy atom. The van der Waals surface area contributed by atoms with Crippen LogP contribution < -0.4 is 0 Å². The molecular formula is C18H25N3O2. The molecule has 4 rings (SSSR count). The van der Waals surface area contributed by atoms with E-state index in [1.54, 1.807) is 6.20 Å². The summed E-state index contributed by atoms with van der Waals surface area (Å²) in [4.78, 5) is 21.6. The number of aromatic nitrogens is 1. The average Bonchev–Trinajstić information content (AvgIpc) is 3.31. The summed E-state index contributed by atoms with van der Waals surface area (Å²) in [7, 11) is 0. The predicted octanol–water partition coefficient (Wildman–Crippen LogP) is 1.36. The lowest BCUT2D eigenvalue weighted by atomic mass is 10.0. The van der Waals surface area contributed by atoms with E-state index in [0.717, 1.165) is 45.8 Å². The standard InChI is InChI=1S/C18H25N3O2/c1-13-11-21(12-17(13)20-5-7-23-8-6-20)18(22)16-9-15(16)14-3-2-4-19-10-14/h2-4,10,13,15-17H,5-9,11-12H2,1H3/t13-,15+,16-,17-/m1/s1. The van der Waals surface area contributed by atoms with Gasteiger partial charge in [0.1, 0.15) is 0 Å². The third-order valence-electron chi connectivity index (χ3n) is 5.62. The van der Waals surface area contributed by atoms with Crippen LogP contribution in [0.25, 0.3) is 0 Å². The molecule has 23 heavy (non-hydrogen) atoms. The number of hydrogen-bond donors (Lipinski definition) is 0. The third-order valence-corrected chi connectivity index (χ3v) is 5.62. The summed E-state index contributed by atoms with van der Waals surface area (Å²) in [5.41, 5.74) is 1.21. The van der Waals surface area contributed by atoms with Crippen molar-refractivity contribution in [2.75, 3.05) is 39.4 Å². The number of pyridine rings is 1. The van der Waals surface area contributed by atoms with Crippen LogP contribution >= 0.6 is 0 Å². The summed E-state index contributed by atoms with van der Waals surface area (Å²) in [6, 6.07) is 4.55. The van der Waals surface area contributed by atoms with E-state index in [9.17, 15) is 4.79 Å². The molecule has 4 atom stereocenters. The van der Waals surface area contributed by atoms with E-state index in [4.69, 9.17) is 4.74 Å². The molecule has 3 fully saturated rings. The number of morpholine rings is 1. The van der Waals surface area contributed by atoms with Crippen LogP contribution in [0.2, 0.25) is 0 Å². The van der Waals surface area contributed by atoms with E-state index in [2.05, 4.69) is 27.8 Å². The largest absolute Gasteiger partial charge is 0.379 e. The maximum absolute atomic E-state index is 12.8. The number of nitrogens with zero attached hydrogens (tertiary/aromatic N) is 3. The van der Waals surface area contributed by atoms with Gasteiger partial charge >= 0.3 is 0 Å². The van der Waals surface area contributed by atoms with Gasteiger partial charge in [-0.05, 0) is 29.9 Å². The van der Waals surface area contributed by atoms with E-state index >= 15 is 0 Å². The minimum atomic E-state index is 0.176. The van der Waals surface area contributed by atoms with Gasteiger partial charge in [0.15, 0.2) is 0 Å². The molecule has 1 aliphatic carbocycles. The zero-order chi connectivity index (χ0) is 15.8. The lowest BCUT2D eigenvalue weighted by Gasteiger charge is -2.34. The van der Waals surface area contributed by atoms with Gasteiger partial charge in [-0.3, -0.25) is 14.7 Å². The molecule has 2 aliphatic heterocycles. The molecule has 1 aromatic heterocycles. The summed E-state index contributed by atoms with van der Waals surface area (Å²) in [5, 5.41) is 0. The molecule has 0 radical (unpaired) electrons. The van der Waals surface area contributed by atoms with Gasteiger partial charge in [-0.1, -0.05) is 13.0 Å². The van der Waals surface area contributed by atoms with Crippen LogP contribution in [0.3, 0.4) is 0 Å². The zero-order valence-corrected chi connectivity index (χ0v) is 13.7. The second-order valence-corrected chi connectivity index (χ2v) is 7.17. The van der Waals surface area contributed by atoms with Crippen molar-refractivity contribution in [3.05, 3.63) is 30.1 Å². The van der Waals surface area contributed by atoms with Crippen molar-refractivity contribution < 1.29 is 9.53 Å². The lowest BCUT2D eigenvalue weighted by molar-refractivity contribution is -0.131. The number of likely N-dealkylation sites (tertiary alicyclic amines) is 1. The molecule has 2 saturated heterocycles. The van der Waals surface area contributed by atoms with Gasteiger partial charge in [0, 0.05) is 50.5 Å². The molecule has 1 amide bonds. The van der Waals surface area contributed by atoms with Gasteiger partial charge in [-0.15, -0.1) is 0 Å². The van der Waals surface area contributed by atoms with Crippen molar-refractivity contribution >= 4 is 5.91 Å². The fourth-order valence-corrected chi connectivity index (χ4v) is 4.18. The average molecular weight is 315 g/mol. The Balaban J connectivity index is 1.37. The highest BCUT2D eigenvalue weighted by atomic mass is 16.5. The van der Waals surface area contributed by atoms with Crippen molar-refractivity contribution in [2.24, 2.45) is 11.8 Å². The third kappa shape index (κ3) is 3.00. The van der Waals surface area contributed by atoms with E-state index in [1.165, 1.54) is 5.56 Å². The highest BCUT2D eigenvalue weighted by Crippen LogP contribution is 2.48. The first-order valence-corrected chi connectivity index (χ1v) is 8.74. The van der Waals surface area contributed by atoms with E-state index in [0.29, 0.717) is 23.8 Å². The van der Waals surface area contributed by atoms with Crippen molar-refractivity contribution in [3.63, 3.8) is 0 Å². The molecule has 5 heteroatoms. The van der Waals surface area contributed by atoms with Gasteiger partial charge in [-0.25, -0.2) is 0 Å². The van der Waals surface area contributed by atoms with Crippen LogP contribution in [-0.4, -0.2) is 66.1 Å². The zero-order valence-electron chi connectivity index (χ0n) is 13.7. The number of amides is 1. The highest BCUT2D eigenvalue weighted by molar-refractivity contribution is 5.83. The number of ether oxygens (including phenoxy) is 1. The molecule has 1 saturated carbocycles. The monoisotopic (exact) mass is 315 g/mol. The van der Waals surface area contributed by atoms with Gasteiger partial charge < -0.3 is 9.64 Å². The molecule has 1 aromatic rings. The SMILES string of the molecule is C[C@@H]1CN(C(=O)[C@@H]2C[C@H]2c2cccnc2)C[C@H]1N1CCOCC1. The van der Waals surface area contributed by atoms with Crippen LogP contribution in [0, 0.1) is 11.8 Å². The minimum Gasteiger partial charge on any atom is -0.379 e. The van der Waals surface area contributed by atoms with Gasteiger partial charge in [0.2, 0.25) is 5.91 Å². The van der Waals surface area contributed by atoms with Gasteiger partial charge in [-0.2, -0.15) is 0 Å². The molecule has 0 N–H and O–H groups in total. The first-order chi connectivity index (χ1) is 11.2. The fraction of sp³-hybridized carbons (Fsp3) is 0.667. The van der Waals surface area contributed by atoms with E-state index < -0.39 is 0 Å². The van der Waals surface area contributed by atoms with Gasteiger partial charge in [0.05, 0.1) is 13.2 Å². The Labute approximate surface area is 137 Å². The first-order valence-electron chi connectivity index (χ1n) is 8.74. The summed E-state index contributed by atoms with van der Waals surface area (Å²) >= 11 is 0. The Hall–Kier alpha value is -1.46. The van der Waals surface area contributed by atoms with Crippen LogP contribution in [0.4, 0.5) is 0 Å². The molecule has 5 nitrogen and oxygen atoms in total. The van der Waals surface area contributed by atoms with Crippen molar-refractivity contribution in [3.8, 4) is 0 Å². The molecule has 3 aliphatic rings. The molecule has 0 bridgehead atoms. The van der Waals surface area contributed by atoms with Crippen LogP contribution in [0.15, 0.2) is 24.5 Å². The highest BCUT2D eigenvalue weighted by Gasteiger charge is 2.48. The van der Waals surface area contributed by atoms with E-state index in [-0.39, 0.29) is 5.92 Å². The quantitative estimate of drug-likeness (QED) is 0.845. The molecule has 124 valence electrons. The van der Waals surface area contributed by atoms with Crippen LogP contribution in [0.5, 0.6) is 0 Å². The van der Waals surface area contributed by atoms with Crippen LogP contribution in [-0.2, 0) is 9.53 Å². The second kappa shape index (κ2) is 6.21. The topological polar surface area (TPSA) is 45.7 Å². The molecule has 3 heterocycles. The maximum atomic E-state index is 12.8. The number of rotatable bonds is 3. The number of hydrogen-bond acceptors (Lipinski definition) is 4. The minimum absolute atomic E-state index is 0.176. The smallest absolute Gasteiger partial charge is 0.226 e. The summed E-state index contributed by atoms with van der Waals surface area (Å²) in [6.45, 7) is 7.70. The fourth-order valence-electron chi connectivity index (χ4n) is 4.18. The lowest BCUT2D eigenvalue weighted by Crippen LogP contribution is -2.47. The van der Waals surface area contributed by atoms with Crippen molar-refractivity contribution in [1.29, 1.82) is 0 Å². The molecule has 0 aromatic carbocycles. The Morgan fingerprint density at radius 3 is 2.87 bits per heavy atom. The van der Waals surface area contributed by atoms with Crippen molar-refractivity contribution in [1.82, 2.24) is 14.8 Å². The molecular weight excluding hydrogens is 290 g/mol. The second-order valence-electron chi connectivity index (χ2n) is 7.17.